The van der Waals surface area contributed by atoms with Gasteiger partial charge in [0.15, 0.2) is 6.10 Å². The van der Waals surface area contributed by atoms with Gasteiger partial charge >= 0.3 is 0 Å². The molecule has 5 nitrogen and oxygen atoms in total. The number of benzene rings is 3. The molecule has 0 saturated carbocycles. The number of carbonyl (C=O) groups excluding carboxylic acids is 2. The van der Waals surface area contributed by atoms with Crippen LogP contribution in [0.2, 0.25) is 5.02 Å². The monoisotopic (exact) mass is 460 g/mol. The van der Waals surface area contributed by atoms with Crippen LogP contribution < -0.4 is 9.96 Å². The average Bonchev–Trinajstić information content (AvgIpc) is 3.31. The van der Waals surface area contributed by atoms with Gasteiger partial charge in [0.1, 0.15) is 5.92 Å². The van der Waals surface area contributed by atoms with Crippen LogP contribution in [-0.2, 0) is 19.8 Å². The molecule has 3 aromatic rings. The fourth-order valence-electron chi connectivity index (χ4n) is 4.58. The summed E-state index contributed by atoms with van der Waals surface area (Å²) in [4.78, 5) is 34.4. The van der Waals surface area contributed by atoms with E-state index in [0.717, 1.165) is 11.3 Å². The maximum Gasteiger partial charge on any atom is 0.266 e. The second-order valence-electron chi connectivity index (χ2n) is 9.52. The van der Waals surface area contributed by atoms with E-state index in [9.17, 15) is 9.59 Å². The molecule has 5 rings (SSSR count). The van der Waals surface area contributed by atoms with Crippen LogP contribution in [-0.4, -0.2) is 17.9 Å². The summed E-state index contributed by atoms with van der Waals surface area (Å²) in [5.41, 5.74) is 3.44. The number of carbonyl (C=O) groups is 2. The quantitative estimate of drug-likeness (QED) is 0.471. The highest BCUT2D eigenvalue weighted by atomic mass is 35.5. The number of amides is 2. The van der Waals surface area contributed by atoms with Crippen LogP contribution in [0, 0.1) is 5.92 Å². The second kappa shape index (κ2) is 8.01. The van der Waals surface area contributed by atoms with Crippen molar-refractivity contribution in [1.82, 2.24) is 0 Å². The molecule has 6 heteroatoms. The SMILES string of the molecule is CC(C)(C)c1ccc([C@@H]2[C@@H]3C(=O)N(c4ccc(Cl)cc4)C(=O)[C@@H]3ON2c2ccccc2)cc1. The summed E-state index contributed by atoms with van der Waals surface area (Å²) in [5.74, 6) is -1.29. The lowest BCUT2D eigenvalue weighted by Crippen LogP contribution is -2.37. The number of anilines is 2. The summed E-state index contributed by atoms with van der Waals surface area (Å²) >= 11 is 6.00. The van der Waals surface area contributed by atoms with Crippen LogP contribution in [0.15, 0.2) is 78.9 Å². The van der Waals surface area contributed by atoms with E-state index in [4.69, 9.17) is 16.4 Å². The Kier molecular flexibility index (Phi) is 5.26. The molecular weight excluding hydrogens is 436 g/mol. The van der Waals surface area contributed by atoms with Gasteiger partial charge in [0.2, 0.25) is 5.91 Å². The van der Waals surface area contributed by atoms with Gasteiger partial charge in [-0.05, 0) is 52.9 Å². The highest BCUT2D eigenvalue weighted by molar-refractivity contribution is 6.31. The van der Waals surface area contributed by atoms with Crippen molar-refractivity contribution in [2.45, 2.75) is 38.3 Å². The molecule has 2 heterocycles. The summed E-state index contributed by atoms with van der Waals surface area (Å²) in [6.07, 6.45) is -0.888. The standard InChI is InChI=1S/C27H25ClN2O3/c1-27(2,3)18-11-9-17(10-12-18)23-22-24(33-30(23)21-7-5-4-6-8-21)26(32)29(25(22)31)20-15-13-19(28)14-16-20/h4-16,22-24H,1-3H3/t22-,23+,24+/m0/s1. The molecule has 0 radical (unpaired) electrons. The molecule has 2 saturated heterocycles. The lowest BCUT2D eigenvalue weighted by atomic mass is 9.84. The zero-order valence-electron chi connectivity index (χ0n) is 18.7. The van der Waals surface area contributed by atoms with Gasteiger partial charge in [-0.1, -0.05) is 74.8 Å². The minimum absolute atomic E-state index is 0.0108. The molecule has 33 heavy (non-hydrogen) atoms. The van der Waals surface area contributed by atoms with Crippen molar-refractivity contribution in [2.24, 2.45) is 5.92 Å². The first-order valence-corrected chi connectivity index (χ1v) is 11.4. The molecular formula is C27H25ClN2O3. The maximum absolute atomic E-state index is 13.6. The van der Waals surface area contributed by atoms with Crippen molar-refractivity contribution in [3.8, 4) is 0 Å². The molecule has 0 aromatic heterocycles. The van der Waals surface area contributed by atoms with Crippen LogP contribution >= 0.6 is 11.6 Å². The van der Waals surface area contributed by atoms with Gasteiger partial charge in [-0.3, -0.25) is 14.4 Å². The van der Waals surface area contributed by atoms with Crippen LogP contribution in [0.4, 0.5) is 11.4 Å². The minimum atomic E-state index is -0.888. The molecule has 0 aliphatic carbocycles. The molecule has 168 valence electrons. The fraction of sp³-hybridized carbons (Fsp3) is 0.259. The Hall–Kier alpha value is -3.15. The number of nitrogens with zero attached hydrogens (tertiary/aromatic N) is 2. The zero-order valence-corrected chi connectivity index (χ0v) is 19.5. The number of rotatable bonds is 3. The predicted octanol–water partition coefficient (Wildman–Crippen LogP) is 5.69. The van der Waals surface area contributed by atoms with Crippen molar-refractivity contribution in [2.75, 3.05) is 9.96 Å². The third-order valence-electron chi connectivity index (χ3n) is 6.33. The number of hydroxylamine groups is 1. The van der Waals surface area contributed by atoms with Crippen LogP contribution in [0.1, 0.15) is 37.9 Å². The second-order valence-corrected chi connectivity index (χ2v) is 9.95. The molecule has 0 unspecified atom stereocenters. The number of fused-ring (bicyclic) bond motifs is 1. The number of hydrogen-bond donors (Lipinski definition) is 0. The first-order chi connectivity index (χ1) is 15.8. The topological polar surface area (TPSA) is 49.9 Å². The molecule has 3 aromatic carbocycles. The van der Waals surface area contributed by atoms with Crippen LogP contribution in [0.5, 0.6) is 0 Å². The number of halogens is 1. The van der Waals surface area contributed by atoms with E-state index in [1.54, 1.807) is 29.3 Å². The summed E-state index contributed by atoms with van der Waals surface area (Å²) < 4.78 is 0. The Balaban J connectivity index is 1.57. The van der Waals surface area contributed by atoms with E-state index in [1.807, 2.05) is 42.5 Å². The van der Waals surface area contributed by atoms with Crippen molar-refractivity contribution in [1.29, 1.82) is 0 Å². The van der Waals surface area contributed by atoms with Gasteiger partial charge in [-0.25, -0.2) is 9.96 Å². The van der Waals surface area contributed by atoms with Gasteiger partial charge in [-0.15, -0.1) is 0 Å². The Bertz CT molecular complexity index is 1190. The van der Waals surface area contributed by atoms with Crippen molar-refractivity contribution in [3.63, 3.8) is 0 Å². The highest BCUT2D eigenvalue weighted by Crippen LogP contribution is 2.47. The van der Waals surface area contributed by atoms with E-state index in [-0.39, 0.29) is 17.2 Å². The van der Waals surface area contributed by atoms with Crippen molar-refractivity contribution in [3.05, 3.63) is 95.0 Å². The number of imide groups is 1. The van der Waals surface area contributed by atoms with Crippen molar-refractivity contribution >= 4 is 34.8 Å². The molecule has 0 spiro atoms. The van der Waals surface area contributed by atoms with E-state index in [1.165, 1.54) is 10.5 Å². The molecule has 3 atom stereocenters. The van der Waals surface area contributed by atoms with Gasteiger partial charge in [0, 0.05) is 5.02 Å². The highest BCUT2D eigenvalue weighted by Gasteiger charge is 2.60. The summed E-state index contributed by atoms with van der Waals surface area (Å²) in [6, 6.07) is 24.1. The van der Waals surface area contributed by atoms with Crippen LogP contribution in [0.25, 0.3) is 0 Å². The first-order valence-electron chi connectivity index (χ1n) is 11.0. The normalized spacial score (nSPS) is 22.7. The van der Waals surface area contributed by atoms with E-state index >= 15 is 0 Å². The molecule has 0 bridgehead atoms. The Labute approximate surface area is 198 Å². The van der Waals surface area contributed by atoms with E-state index < -0.39 is 18.1 Å². The van der Waals surface area contributed by atoms with Gasteiger partial charge < -0.3 is 0 Å². The summed E-state index contributed by atoms with van der Waals surface area (Å²) in [6.45, 7) is 6.49. The molecule has 2 fully saturated rings. The number of hydrogen-bond acceptors (Lipinski definition) is 4. The third kappa shape index (κ3) is 3.71. The van der Waals surface area contributed by atoms with Gasteiger partial charge in [0.05, 0.1) is 17.4 Å². The molecule has 2 aliphatic heterocycles. The zero-order chi connectivity index (χ0) is 23.3. The van der Waals surface area contributed by atoms with E-state index in [0.29, 0.717) is 10.7 Å². The third-order valence-corrected chi connectivity index (χ3v) is 6.58. The van der Waals surface area contributed by atoms with Crippen LogP contribution in [0.3, 0.4) is 0 Å². The lowest BCUT2D eigenvalue weighted by molar-refractivity contribution is -0.126. The maximum atomic E-state index is 13.6. The molecule has 2 amide bonds. The van der Waals surface area contributed by atoms with Gasteiger partial charge in [0.25, 0.3) is 5.91 Å². The average molecular weight is 461 g/mol. The fourth-order valence-corrected chi connectivity index (χ4v) is 4.70. The summed E-state index contributed by atoms with van der Waals surface area (Å²) in [5, 5.41) is 2.26. The van der Waals surface area contributed by atoms with E-state index in [2.05, 4.69) is 32.9 Å². The largest absolute Gasteiger partial charge is 0.273 e. The van der Waals surface area contributed by atoms with Gasteiger partial charge in [-0.2, -0.15) is 0 Å². The Morgan fingerprint density at radius 3 is 2.03 bits per heavy atom. The smallest absolute Gasteiger partial charge is 0.266 e. The number of para-hydroxylation sites is 1. The molecule has 2 aliphatic rings. The lowest BCUT2D eigenvalue weighted by Gasteiger charge is -2.29. The van der Waals surface area contributed by atoms with Crippen molar-refractivity contribution < 1.29 is 14.4 Å². The first kappa shape index (κ1) is 21.7. The Morgan fingerprint density at radius 2 is 1.42 bits per heavy atom. The Morgan fingerprint density at radius 1 is 0.788 bits per heavy atom. The molecule has 0 N–H and O–H groups in total. The predicted molar refractivity (Wildman–Crippen MR) is 129 cm³/mol. The summed E-state index contributed by atoms with van der Waals surface area (Å²) in [7, 11) is 0. The minimum Gasteiger partial charge on any atom is -0.273 e.